The average Bonchev–Trinajstić information content (AvgIpc) is 2.84. The molecule has 6 heteroatoms. The Labute approximate surface area is 92.1 Å². The molecule has 0 radical (unpaired) electrons. The molecule has 2 aromatic rings. The molecule has 5 nitrogen and oxygen atoms in total. The van der Waals surface area contributed by atoms with Crippen LogP contribution in [0.4, 0.5) is 0 Å². The van der Waals surface area contributed by atoms with E-state index in [1.54, 1.807) is 6.20 Å². The van der Waals surface area contributed by atoms with E-state index in [1.807, 2.05) is 17.7 Å². The summed E-state index contributed by atoms with van der Waals surface area (Å²) in [4.78, 5) is 5.26. The van der Waals surface area contributed by atoms with Gasteiger partial charge in [-0.15, -0.1) is 5.10 Å². The third kappa shape index (κ3) is 1.78. The standard InChI is InChI=1S/C9H13N5S/c1-3-14-5-4-11-9(14)7(10)8-6(2)12-13-15-8/h4-5,7H,3,10H2,1-2H3. The zero-order valence-corrected chi connectivity index (χ0v) is 9.53. The van der Waals surface area contributed by atoms with Gasteiger partial charge < -0.3 is 10.3 Å². The van der Waals surface area contributed by atoms with E-state index < -0.39 is 0 Å². The molecular formula is C9H13N5S. The van der Waals surface area contributed by atoms with Crippen molar-refractivity contribution in [1.29, 1.82) is 0 Å². The van der Waals surface area contributed by atoms with Crippen LogP contribution in [-0.4, -0.2) is 19.1 Å². The summed E-state index contributed by atoms with van der Waals surface area (Å²) in [6.45, 7) is 4.85. The van der Waals surface area contributed by atoms with E-state index >= 15 is 0 Å². The summed E-state index contributed by atoms with van der Waals surface area (Å²) < 4.78 is 5.91. The van der Waals surface area contributed by atoms with Crippen LogP contribution in [0.15, 0.2) is 12.4 Å². The van der Waals surface area contributed by atoms with E-state index in [1.165, 1.54) is 11.5 Å². The molecule has 80 valence electrons. The van der Waals surface area contributed by atoms with E-state index in [2.05, 4.69) is 21.5 Å². The van der Waals surface area contributed by atoms with Gasteiger partial charge in [0, 0.05) is 18.9 Å². The molecule has 0 aliphatic carbocycles. The zero-order chi connectivity index (χ0) is 10.8. The van der Waals surface area contributed by atoms with E-state index in [0.717, 1.165) is 22.9 Å². The Balaban J connectivity index is 2.36. The summed E-state index contributed by atoms with van der Waals surface area (Å²) in [5.41, 5.74) is 7.02. The Morgan fingerprint density at radius 1 is 1.60 bits per heavy atom. The predicted molar refractivity (Wildman–Crippen MR) is 58.6 cm³/mol. The lowest BCUT2D eigenvalue weighted by atomic mass is 10.2. The second-order valence-electron chi connectivity index (χ2n) is 3.27. The number of rotatable bonds is 3. The van der Waals surface area contributed by atoms with Gasteiger partial charge in [0.15, 0.2) is 0 Å². The molecule has 2 rings (SSSR count). The van der Waals surface area contributed by atoms with Gasteiger partial charge in [-0.2, -0.15) is 0 Å². The monoisotopic (exact) mass is 223 g/mol. The number of hydrogen-bond acceptors (Lipinski definition) is 5. The second kappa shape index (κ2) is 4.08. The summed E-state index contributed by atoms with van der Waals surface area (Å²) in [6.07, 6.45) is 3.70. The minimum absolute atomic E-state index is 0.222. The first-order chi connectivity index (χ1) is 7.24. The summed E-state index contributed by atoms with van der Waals surface area (Å²) in [7, 11) is 0. The van der Waals surface area contributed by atoms with Crippen molar-refractivity contribution >= 4 is 11.5 Å². The highest BCUT2D eigenvalue weighted by Gasteiger charge is 2.18. The number of aromatic nitrogens is 4. The SMILES string of the molecule is CCn1ccnc1C(N)c1snnc1C. The van der Waals surface area contributed by atoms with Crippen molar-refractivity contribution in [2.24, 2.45) is 5.73 Å². The molecule has 1 unspecified atom stereocenters. The lowest BCUT2D eigenvalue weighted by Crippen LogP contribution is -2.17. The first kappa shape index (κ1) is 10.3. The fourth-order valence-electron chi connectivity index (χ4n) is 1.51. The molecule has 0 bridgehead atoms. The largest absolute Gasteiger partial charge is 0.334 e. The molecule has 0 spiro atoms. The van der Waals surface area contributed by atoms with Gasteiger partial charge in [-0.25, -0.2) is 4.98 Å². The van der Waals surface area contributed by atoms with Crippen LogP contribution in [-0.2, 0) is 6.54 Å². The van der Waals surface area contributed by atoms with Crippen molar-refractivity contribution in [3.8, 4) is 0 Å². The van der Waals surface area contributed by atoms with E-state index in [4.69, 9.17) is 5.73 Å². The third-order valence-electron chi connectivity index (χ3n) is 2.34. The van der Waals surface area contributed by atoms with Crippen LogP contribution < -0.4 is 5.73 Å². The molecule has 0 aliphatic heterocycles. The van der Waals surface area contributed by atoms with Crippen molar-refractivity contribution in [2.45, 2.75) is 26.4 Å². The van der Waals surface area contributed by atoms with Gasteiger partial charge >= 0.3 is 0 Å². The number of nitrogens with two attached hydrogens (primary N) is 1. The van der Waals surface area contributed by atoms with Crippen LogP contribution in [0.3, 0.4) is 0 Å². The maximum atomic E-state index is 6.13. The molecule has 0 aromatic carbocycles. The number of nitrogens with zero attached hydrogens (tertiary/aromatic N) is 4. The van der Waals surface area contributed by atoms with Crippen molar-refractivity contribution in [2.75, 3.05) is 0 Å². The van der Waals surface area contributed by atoms with Crippen molar-refractivity contribution < 1.29 is 0 Å². The average molecular weight is 223 g/mol. The number of imidazole rings is 1. The Morgan fingerprint density at radius 3 is 3.00 bits per heavy atom. The Morgan fingerprint density at radius 2 is 2.40 bits per heavy atom. The topological polar surface area (TPSA) is 69.6 Å². The molecular weight excluding hydrogens is 210 g/mol. The summed E-state index contributed by atoms with van der Waals surface area (Å²) in [6, 6.07) is -0.222. The van der Waals surface area contributed by atoms with Crippen LogP contribution in [0.5, 0.6) is 0 Å². The second-order valence-corrected chi connectivity index (χ2v) is 4.06. The normalized spacial score (nSPS) is 13.0. The summed E-state index contributed by atoms with van der Waals surface area (Å²) in [5, 5.41) is 3.95. The number of hydrogen-bond donors (Lipinski definition) is 1. The van der Waals surface area contributed by atoms with Crippen LogP contribution in [0.1, 0.15) is 29.4 Å². The highest BCUT2D eigenvalue weighted by Crippen LogP contribution is 2.23. The number of aryl methyl sites for hydroxylation is 2. The van der Waals surface area contributed by atoms with Gasteiger partial charge in [0.2, 0.25) is 0 Å². The van der Waals surface area contributed by atoms with E-state index in [0.29, 0.717) is 0 Å². The van der Waals surface area contributed by atoms with Crippen molar-refractivity contribution in [1.82, 2.24) is 19.1 Å². The highest BCUT2D eigenvalue weighted by molar-refractivity contribution is 7.05. The third-order valence-corrected chi connectivity index (χ3v) is 3.24. The Bertz CT molecular complexity index is 447. The summed E-state index contributed by atoms with van der Waals surface area (Å²) in [5.74, 6) is 0.867. The van der Waals surface area contributed by atoms with Crippen molar-refractivity contribution in [3.05, 3.63) is 28.8 Å². The van der Waals surface area contributed by atoms with Gasteiger partial charge in [0.1, 0.15) is 11.9 Å². The van der Waals surface area contributed by atoms with Gasteiger partial charge in [-0.3, -0.25) is 0 Å². The molecule has 2 N–H and O–H groups in total. The van der Waals surface area contributed by atoms with E-state index in [9.17, 15) is 0 Å². The molecule has 2 aromatic heterocycles. The fraction of sp³-hybridized carbons (Fsp3) is 0.444. The Kier molecular flexibility index (Phi) is 2.79. The molecule has 0 amide bonds. The molecule has 0 saturated carbocycles. The summed E-state index contributed by atoms with van der Waals surface area (Å²) >= 11 is 1.34. The van der Waals surface area contributed by atoms with Gasteiger partial charge in [0.25, 0.3) is 0 Å². The molecule has 0 saturated heterocycles. The Hall–Kier alpha value is -1.27. The minimum atomic E-state index is -0.222. The van der Waals surface area contributed by atoms with Crippen LogP contribution in [0, 0.1) is 6.92 Å². The quantitative estimate of drug-likeness (QED) is 0.846. The first-order valence-corrected chi connectivity index (χ1v) is 5.56. The van der Waals surface area contributed by atoms with Crippen LogP contribution >= 0.6 is 11.5 Å². The van der Waals surface area contributed by atoms with Gasteiger partial charge in [-0.1, -0.05) is 4.49 Å². The van der Waals surface area contributed by atoms with Crippen LogP contribution in [0.2, 0.25) is 0 Å². The minimum Gasteiger partial charge on any atom is -0.334 e. The fourth-order valence-corrected chi connectivity index (χ4v) is 2.15. The lowest BCUT2D eigenvalue weighted by molar-refractivity contribution is 0.659. The lowest BCUT2D eigenvalue weighted by Gasteiger charge is -2.10. The van der Waals surface area contributed by atoms with Gasteiger partial charge in [0.05, 0.1) is 10.6 Å². The highest BCUT2D eigenvalue weighted by atomic mass is 32.1. The van der Waals surface area contributed by atoms with Gasteiger partial charge in [-0.05, 0) is 25.4 Å². The smallest absolute Gasteiger partial charge is 0.131 e. The first-order valence-electron chi connectivity index (χ1n) is 4.79. The maximum Gasteiger partial charge on any atom is 0.131 e. The molecule has 0 fully saturated rings. The zero-order valence-electron chi connectivity index (χ0n) is 8.71. The molecule has 1 atom stereocenters. The molecule has 15 heavy (non-hydrogen) atoms. The maximum absolute atomic E-state index is 6.13. The molecule has 2 heterocycles. The van der Waals surface area contributed by atoms with Crippen LogP contribution in [0.25, 0.3) is 0 Å². The molecule has 0 aliphatic rings. The predicted octanol–water partition coefficient (Wildman–Crippen LogP) is 1.11. The van der Waals surface area contributed by atoms with E-state index in [-0.39, 0.29) is 6.04 Å². The van der Waals surface area contributed by atoms with Crippen molar-refractivity contribution in [3.63, 3.8) is 0 Å².